The van der Waals surface area contributed by atoms with Crippen LogP contribution in [0.5, 0.6) is 0 Å². The standard InChI is InChI=1S/C22H23F3N6O2/c1-20(2,3)19-27-16(29-33-19)13-4-6-14(7-5-13)17(32)30-10-21(11-30)8-15(9-21)31-12-26-18(28-31)22(23,24)25/h4-7,12,15H,8-11H2,1-3H3. The highest BCUT2D eigenvalue weighted by Gasteiger charge is 2.54. The van der Waals surface area contributed by atoms with Crippen LogP contribution in [0.15, 0.2) is 35.1 Å². The Balaban J connectivity index is 1.17. The van der Waals surface area contributed by atoms with Crippen LogP contribution < -0.4 is 0 Å². The molecule has 3 heterocycles. The maximum Gasteiger partial charge on any atom is 0.453 e. The fourth-order valence-corrected chi connectivity index (χ4v) is 4.46. The van der Waals surface area contributed by atoms with Gasteiger partial charge < -0.3 is 9.42 Å². The quantitative estimate of drug-likeness (QED) is 0.584. The van der Waals surface area contributed by atoms with Crippen molar-refractivity contribution in [3.63, 3.8) is 0 Å². The Hall–Kier alpha value is -3.24. The average Bonchev–Trinajstić information content (AvgIpc) is 3.35. The number of benzene rings is 1. The van der Waals surface area contributed by atoms with Crippen molar-refractivity contribution in [1.29, 1.82) is 0 Å². The van der Waals surface area contributed by atoms with Crippen molar-refractivity contribution in [3.8, 4) is 11.4 Å². The van der Waals surface area contributed by atoms with E-state index in [1.807, 2.05) is 20.8 Å². The first-order valence-electron chi connectivity index (χ1n) is 10.7. The maximum absolute atomic E-state index is 12.8. The summed E-state index contributed by atoms with van der Waals surface area (Å²) in [5.74, 6) is -0.168. The summed E-state index contributed by atoms with van der Waals surface area (Å²) in [6, 6.07) is 6.96. The number of rotatable bonds is 3. The number of hydrogen-bond acceptors (Lipinski definition) is 6. The molecule has 0 bridgehead atoms. The first kappa shape index (κ1) is 21.6. The van der Waals surface area contributed by atoms with Crippen molar-refractivity contribution >= 4 is 5.91 Å². The first-order valence-corrected chi connectivity index (χ1v) is 10.7. The lowest BCUT2D eigenvalue weighted by Gasteiger charge is -2.58. The molecule has 1 aromatic carbocycles. The smallest absolute Gasteiger partial charge is 0.338 e. The zero-order valence-corrected chi connectivity index (χ0v) is 18.4. The van der Waals surface area contributed by atoms with Crippen LogP contribution in [0.3, 0.4) is 0 Å². The van der Waals surface area contributed by atoms with E-state index in [1.165, 1.54) is 4.68 Å². The Morgan fingerprint density at radius 2 is 1.79 bits per heavy atom. The van der Waals surface area contributed by atoms with Crippen LogP contribution in [-0.4, -0.2) is 48.8 Å². The molecular formula is C22H23F3N6O2. The zero-order valence-electron chi connectivity index (χ0n) is 18.4. The zero-order chi connectivity index (χ0) is 23.6. The summed E-state index contributed by atoms with van der Waals surface area (Å²) in [5, 5.41) is 7.58. The third-order valence-electron chi connectivity index (χ3n) is 6.27. The molecule has 5 rings (SSSR count). The second kappa shape index (κ2) is 7.13. The number of carbonyl (C=O) groups excluding carboxylic acids is 1. The Morgan fingerprint density at radius 1 is 1.12 bits per heavy atom. The Labute approximate surface area is 187 Å². The van der Waals surface area contributed by atoms with Crippen molar-refractivity contribution in [2.45, 2.75) is 51.2 Å². The molecule has 2 aliphatic rings. The molecule has 1 saturated heterocycles. The number of halogens is 3. The lowest BCUT2D eigenvalue weighted by Crippen LogP contribution is -2.63. The van der Waals surface area contributed by atoms with E-state index in [0.717, 1.165) is 11.9 Å². The topological polar surface area (TPSA) is 89.9 Å². The van der Waals surface area contributed by atoms with Crippen molar-refractivity contribution in [2.75, 3.05) is 13.1 Å². The van der Waals surface area contributed by atoms with Gasteiger partial charge in [0.25, 0.3) is 11.7 Å². The number of amides is 1. The van der Waals surface area contributed by atoms with Crippen molar-refractivity contribution < 1.29 is 22.5 Å². The molecule has 0 unspecified atom stereocenters. The van der Waals surface area contributed by atoms with Gasteiger partial charge in [-0.1, -0.05) is 38.1 Å². The second-order valence-corrected chi connectivity index (χ2v) is 10.0. The third kappa shape index (κ3) is 3.89. The van der Waals surface area contributed by atoms with Gasteiger partial charge in [-0.05, 0) is 25.0 Å². The molecule has 1 aliphatic carbocycles. The van der Waals surface area contributed by atoms with Gasteiger partial charge in [-0.2, -0.15) is 18.2 Å². The van der Waals surface area contributed by atoms with Crippen LogP contribution in [0.2, 0.25) is 0 Å². The predicted molar refractivity (Wildman–Crippen MR) is 110 cm³/mol. The highest BCUT2D eigenvalue weighted by atomic mass is 19.4. The van der Waals surface area contributed by atoms with Crippen LogP contribution in [-0.2, 0) is 11.6 Å². The molecular weight excluding hydrogens is 437 g/mol. The predicted octanol–water partition coefficient (Wildman–Crippen LogP) is 4.12. The van der Waals surface area contributed by atoms with E-state index in [9.17, 15) is 18.0 Å². The Bertz CT molecular complexity index is 1180. The number of carbonyl (C=O) groups is 1. The first-order chi connectivity index (χ1) is 15.4. The van der Waals surface area contributed by atoms with E-state index in [-0.39, 0.29) is 22.8 Å². The number of nitrogens with zero attached hydrogens (tertiary/aromatic N) is 6. The average molecular weight is 460 g/mol. The number of aromatic nitrogens is 5. The molecule has 174 valence electrons. The normalized spacial score (nSPS) is 18.3. The van der Waals surface area contributed by atoms with E-state index in [1.54, 1.807) is 29.2 Å². The summed E-state index contributed by atoms with van der Waals surface area (Å²) in [6.07, 6.45) is -2.03. The molecule has 3 aromatic rings. The largest absolute Gasteiger partial charge is 0.453 e. The van der Waals surface area contributed by atoms with Gasteiger partial charge in [-0.3, -0.25) is 4.79 Å². The molecule has 0 N–H and O–H groups in total. The van der Waals surface area contributed by atoms with Gasteiger partial charge in [-0.25, -0.2) is 9.67 Å². The summed E-state index contributed by atoms with van der Waals surface area (Å²) < 4.78 is 44.7. The second-order valence-electron chi connectivity index (χ2n) is 10.0. The fraction of sp³-hybridized carbons (Fsp3) is 0.500. The van der Waals surface area contributed by atoms with E-state index >= 15 is 0 Å². The Morgan fingerprint density at radius 3 is 2.33 bits per heavy atom. The fourth-order valence-electron chi connectivity index (χ4n) is 4.46. The molecule has 1 saturated carbocycles. The highest BCUT2D eigenvalue weighted by Crippen LogP contribution is 2.54. The summed E-state index contributed by atoms with van der Waals surface area (Å²) in [4.78, 5) is 22.4. The summed E-state index contributed by atoms with van der Waals surface area (Å²) >= 11 is 0. The lowest BCUT2D eigenvalue weighted by atomic mass is 9.60. The molecule has 2 fully saturated rings. The minimum Gasteiger partial charge on any atom is -0.338 e. The number of likely N-dealkylation sites (tertiary alicyclic amines) is 1. The summed E-state index contributed by atoms with van der Waals surface area (Å²) in [6.45, 7) is 7.14. The minimum atomic E-state index is -4.54. The monoisotopic (exact) mass is 460 g/mol. The van der Waals surface area contributed by atoms with Crippen molar-refractivity contribution in [1.82, 2.24) is 29.8 Å². The third-order valence-corrected chi connectivity index (χ3v) is 6.27. The van der Waals surface area contributed by atoms with E-state index in [0.29, 0.717) is 43.2 Å². The molecule has 8 nitrogen and oxygen atoms in total. The SMILES string of the molecule is CC(C)(C)c1nc(-c2ccc(C(=O)N3CC4(CC(n5cnc(C(F)(F)F)n5)C4)C3)cc2)no1. The van der Waals surface area contributed by atoms with Crippen LogP contribution in [0, 0.1) is 5.41 Å². The summed E-state index contributed by atoms with van der Waals surface area (Å²) in [5.41, 5.74) is 1.04. The number of hydrogen-bond donors (Lipinski definition) is 0. The lowest BCUT2D eigenvalue weighted by molar-refractivity contribution is -0.145. The summed E-state index contributed by atoms with van der Waals surface area (Å²) in [7, 11) is 0. The van der Waals surface area contributed by atoms with Gasteiger partial charge in [0.2, 0.25) is 11.7 Å². The van der Waals surface area contributed by atoms with Gasteiger partial charge in [0.1, 0.15) is 6.33 Å². The van der Waals surface area contributed by atoms with Crippen LogP contribution in [0.4, 0.5) is 13.2 Å². The number of alkyl halides is 3. The van der Waals surface area contributed by atoms with E-state index in [4.69, 9.17) is 4.52 Å². The van der Waals surface area contributed by atoms with Gasteiger partial charge >= 0.3 is 6.18 Å². The maximum atomic E-state index is 12.8. The molecule has 1 amide bonds. The van der Waals surface area contributed by atoms with Crippen LogP contribution >= 0.6 is 0 Å². The molecule has 0 atom stereocenters. The van der Waals surface area contributed by atoms with Crippen molar-refractivity contribution in [2.24, 2.45) is 5.41 Å². The van der Waals surface area contributed by atoms with Gasteiger partial charge in [0.15, 0.2) is 0 Å². The highest BCUT2D eigenvalue weighted by molar-refractivity contribution is 5.95. The van der Waals surface area contributed by atoms with Gasteiger partial charge in [0, 0.05) is 35.0 Å². The Kier molecular flexibility index (Phi) is 4.67. The molecule has 0 radical (unpaired) electrons. The molecule has 11 heteroatoms. The molecule has 1 aliphatic heterocycles. The van der Waals surface area contributed by atoms with Crippen LogP contribution in [0.25, 0.3) is 11.4 Å². The minimum absolute atomic E-state index is 0.0431. The van der Waals surface area contributed by atoms with E-state index < -0.39 is 12.0 Å². The van der Waals surface area contributed by atoms with Gasteiger partial charge in [0.05, 0.1) is 6.04 Å². The molecule has 2 aromatic heterocycles. The molecule has 33 heavy (non-hydrogen) atoms. The van der Waals surface area contributed by atoms with Crippen LogP contribution in [0.1, 0.15) is 61.7 Å². The van der Waals surface area contributed by atoms with Crippen molar-refractivity contribution in [3.05, 3.63) is 47.9 Å². The van der Waals surface area contributed by atoms with Gasteiger partial charge in [-0.15, -0.1) is 5.10 Å². The molecule has 1 spiro atoms. The van der Waals surface area contributed by atoms with E-state index in [2.05, 4.69) is 20.2 Å².